The van der Waals surface area contributed by atoms with Gasteiger partial charge in [-0.15, -0.1) is 18.3 Å². The number of hydrogen-bond donors (Lipinski definition) is 1. The number of benzene rings is 3. The van der Waals surface area contributed by atoms with Gasteiger partial charge in [0.05, 0.1) is 58.7 Å². The van der Waals surface area contributed by atoms with Gasteiger partial charge in [0.1, 0.15) is 17.9 Å². The molecule has 1 aliphatic heterocycles. The van der Waals surface area contributed by atoms with Gasteiger partial charge in [0, 0.05) is 5.56 Å². The van der Waals surface area contributed by atoms with Crippen molar-refractivity contribution in [2.24, 2.45) is 4.99 Å². The minimum Gasteiger partial charge on any atom is -0.604 e. The molecule has 1 N–H and O–H groups in total. The summed E-state index contributed by atoms with van der Waals surface area (Å²) in [5.74, 6) is -1.90. The summed E-state index contributed by atoms with van der Waals surface area (Å²) in [7, 11) is 0. The number of aromatic nitrogens is 3. The number of nitriles is 1. The topological polar surface area (TPSA) is 149 Å². The number of thioether (sulfide) groups is 1. The molecule has 254 valence electrons. The van der Waals surface area contributed by atoms with Crippen molar-refractivity contribution in [2.45, 2.75) is 23.0 Å². The van der Waals surface area contributed by atoms with E-state index in [1.165, 1.54) is 53.5 Å². The largest absolute Gasteiger partial charge is 0.604 e. The number of amidine groups is 1. The molecule has 0 saturated carbocycles. The Morgan fingerprint density at radius 2 is 1.84 bits per heavy atom. The maximum Gasteiger partial charge on any atom is 0.578 e. The number of aliphatic imine (C=N–C) groups is 1. The van der Waals surface area contributed by atoms with Crippen molar-refractivity contribution in [3.8, 4) is 28.9 Å². The number of alkyl halides is 6. The third-order valence-electron chi connectivity index (χ3n) is 6.42. The van der Waals surface area contributed by atoms with Crippen LogP contribution >= 0.6 is 11.8 Å². The highest BCUT2D eigenvalue weighted by atomic mass is 32.2. The van der Waals surface area contributed by atoms with Crippen molar-refractivity contribution >= 4 is 51.4 Å². The minimum absolute atomic E-state index is 0.0179. The van der Waals surface area contributed by atoms with E-state index >= 15 is 4.39 Å². The lowest BCUT2D eigenvalue weighted by molar-refractivity contribution is -0.139. The van der Waals surface area contributed by atoms with Gasteiger partial charge < -0.3 is 14.6 Å². The van der Waals surface area contributed by atoms with Gasteiger partial charge in [0.15, 0.2) is 15.9 Å². The molecule has 1 saturated heterocycles. The molecule has 1 unspecified atom stereocenters. The summed E-state index contributed by atoms with van der Waals surface area (Å²) in [4.78, 5) is 33.9. The number of hydrogen-bond acceptors (Lipinski definition) is 8. The molecule has 2 heterocycles. The van der Waals surface area contributed by atoms with E-state index in [2.05, 4.69) is 20.4 Å². The number of ether oxygens (including phenoxy) is 1. The van der Waals surface area contributed by atoms with Gasteiger partial charge in [-0.3, -0.25) is 9.69 Å². The molecular formula is C29H18F7N7O4S2. The Kier molecular flexibility index (Phi) is 10.2. The van der Waals surface area contributed by atoms with Crippen LogP contribution in [0.4, 0.5) is 46.9 Å². The fraction of sp³-hybridized carbons (Fsp3) is 0.172. The summed E-state index contributed by atoms with van der Waals surface area (Å²) >= 11 is -2.39. The lowest BCUT2D eigenvalue weighted by Gasteiger charge is -2.20. The normalized spacial score (nSPS) is 15.0. The maximum atomic E-state index is 15.1. The predicted octanol–water partition coefficient (Wildman–Crippen LogP) is 6.57. The van der Waals surface area contributed by atoms with E-state index in [4.69, 9.17) is 4.74 Å². The molecule has 0 aliphatic carbocycles. The van der Waals surface area contributed by atoms with E-state index in [0.29, 0.717) is 0 Å². The summed E-state index contributed by atoms with van der Waals surface area (Å²) in [5.41, 5.74) is -4.87. The summed E-state index contributed by atoms with van der Waals surface area (Å²) in [6, 6.07) is 12.5. The lowest BCUT2D eigenvalue weighted by atomic mass is 10.2. The third-order valence-corrected chi connectivity index (χ3v) is 8.47. The number of urea groups is 1. The Balaban J connectivity index is 1.30. The number of rotatable bonds is 8. The Hall–Kier alpha value is -5.13. The Bertz CT molecular complexity index is 1960. The molecule has 11 nitrogen and oxygen atoms in total. The second-order valence-corrected chi connectivity index (χ2v) is 12.2. The Morgan fingerprint density at radius 1 is 1.10 bits per heavy atom. The number of carbonyl (C=O) groups is 2. The molecule has 3 amide bonds. The van der Waals surface area contributed by atoms with E-state index in [1.54, 1.807) is 0 Å². The molecule has 3 aromatic carbocycles. The summed E-state index contributed by atoms with van der Waals surface area (Å²) in [6.45, 7) is -0.781. The second-order valence-electron chi connectivity index (χ2n) is 9.77. The molecular weight excluding hydrogens is 707 g/mol. The molecule has 1 atom stereocenters. The quantitative estimate of drug-likeness (QED) is 0.158. The van der Waals surface area contributed by atoms with E-state index in [9.17, 15) is 45.7 Å². The molecule has 49 heavy (non-hydrogen) atoms. The van der Waals surface area contributed by atoms with Crippen LogP contribution in [0, 0.1) is 17.1 Å². The number of nitrogens with zero attached hydrogens (tertiary/aromatic N) is 6. The zero-order valence-corrected chi connectivity index (χ0v) is 25.9. The van der Waals surface area contributed by atoms with Crippen LogP contribution in [0.25, 0.3) is 17.1 Å². The molecule has 5 rings (SSSR count). The van der Waals surface area contributed by atoms with Crippen molar-refractivity contribution in [1.29, 1.82) is 5.26 Å². The van der Waals surface area contributed by atoms with Crippen LogP contribution in [0.1, 0.15) is 12.0 Å². The van der Waals surface area contributed by atoms with E-state index < -0.39 is 58.5 Å². The van der Waals surface area contributed by atoms with Crippen LogP contribution < -0.4 is 15.0 Å². The van der Waals surface area contributed by atoms with Gasteiger partial charge in [-0.05, 0) is 60.7 Å². The summed E-state index contributed by atoms with van der Waals surface area (Å²) in [6.07, 6.45) is -4.57. The second kappa shape index (κ2) is 14.2. The molecule has 20 heteroatoms. The monoisotopic (exact) mass is 725 g/mol. The minimum atomic E-state index is -4.92. The Labute approximate surface area is 278 Å². The zero-order chi connectivity index (χ0) is 35.5. The molecule has 1 aliphatic rings. The van der Waals surface area contributed by atoms with Gasteiger partial charge in [-0.2, -0.15) is 23.4 Å². The SMILES string of the molecule is N#Cc1ccc(OCCC(F)(F)F)c(N2C(=O)CS/C2=N\C(=O)Nc2ccc(-c3ncn(-c4ccc([S+]([O-])C(F)(F)F)cc4)n3)cc2F)c1. The number of nitrogens with one attached hydrogen (secondary N) is 1. The van der Waals surface area contributed by atoms with Gasteiger partial charge in [-0.1, -0.05) is 11.8 Å². The van der Waals surface area contributed by atoms with Crippen molar-refractivity contribution in [2.75, 3.05) is 22.6 Å². The maximum absolute atomic E-state index is 15.1. The van der Waals surface area contributed by atoms with Crippen LogP contribution in [-0.2, 0) is 16.0 Å². The average molecular weight is 726 g/mol. The first-order valence-corrected chi connectivity index (χ1v) is 15.7. The number of amides is 3. The van der Waals surface area contributed by atoms with Gasteiger partial charge >= 0.3 is 17.7 Å². The van der Waals surface area contributed by atoms with E-state index in [0.717, 1.165) is 34.9 Å². The van der Waals surface area contributed by atoms with Crippen molar-refractivity contribution < 1.29 is 49.6 Å². The van der Waals surface area contributed by atoms with Crippen molar-refractivity contribution in [3.63, 3.8) is 0 Å². The predicted molar refractivity (Wildman–Crippen MR) is 163 cm³/mol. The third kappa shape index (κ3) is 8.48. The standard InChI is InChI=1S/C29H18F7N7O4S2/c30-20-12-17(25-38-15-42(41-25)18-3-5-19(6-4-18)49(46)29(34,35)36)2-7-21(20)39-26(45)40-27-43(24(44)14-48-27)22-11-16(13-37)1-8-23(22)47-10-9-28(31,32)33/h1-8,11-12,15H,9-10,14H2,(H,39,45)/b40-27-. The van der Waals surface area contributed by atoms with E-state index in [-0.39, 0.29) is 50.7 Å². The highest BCUT2D eigenvalue weighted by Crippen LogP contribution is 2.36. The molecule has 0 spiro atoms. The first-order chi connectivity index (χ1) is 23.1. The van der Waals surface area contributed by atoms with Crippen LogP contribution in [0.15, 0.2) is 76.9 Å². The average Bonchev–Trinajstić information content (AvgIpc) is 3.68. The van der Waals surface area contributed by atoms with E-state index in [1.807, 2.05) is 6.07 Å². The zero-order valence-electron chi connectivity index (χ0n) is 24.3. The van der Waals surface area contributed by atoms with Crippen molar-refractivity contribution in [3.05, 3.63) is 78.4 Å². The fourth-order valence-corrected chi connectivity index (χ4v) is 5.71. The Morgan fingerprint density at radius 3 is 2.49 bits per heavy atom. The fourth-order valence-electron chi connectivity index (χ4n) is 4.20. The van der Waals surface area contributed by atoms with Gasteiger partial charge in [0.25, 0.3) is 0 Å². The van der Waals surface area contributed by atoms with Gasteiger partial charge in [-0.25, -0.2) is 18.9 Å². The van der Waals surface area contributed by atoms with Crippen LogP contribution in [0.2, 0.25) is 0 Å². The number of halogens is 7. The van der Waals surface area contributed by atoms with Crippen LogP contribution in [-0.4, -0.2) is 60.5 Å². The molecule has 1 fully saturated rings. The first-order valence-electron chi connectivity index (χ1n) is 13.5. The van der Waals surface area contributed by atoms with Crippen LogP contribution in [0.3, 0.4) is 0 Å². The number of carbonyl (C=O) groups excluding carboxylic acids is 2. The number of anilines is 2. The van der Waals surface area contributed by atoms with Crippen LogP contribution in [0.5, 0.6) is 5.75 Å². The molecule has 4 aromatic rings. The highest BCUT2D eigenvalue weighted by molar-refractivity contribution is 8.15. The lowest BCUT2D eigenvalue weighted by Crippen LogP contribution is -2.31. The molecule has 1 aromatic heterocycles. The summed E-state index contributed by atoms with van der Waals surface area (Å²) in [5, 5.41) is 15.5. The first kappa shape index (κ1) is 35.2. The smallest absolute Gasteiger partial charge is 0.578 e. The van der Waals surface area contributed by atoms with Gasteiger partial charge in [0.2, 0.25) is 5.91 Å². The molecule has 0 radical (unpaired) electrons. The highest BCUT2D eigenvalue weighted by Gasteiger charge is 2.46. The molecule has 0 bridgehead atoms. The van der Waals surface area contributed by atoms with Crippen molar-refractivity contribution in [1.82, 2.24) is 14.8 Å². The summed E-state index contributed by atoms with van der Waals surface area (Å²) < 4.78 is 109.